The minimum atomic E-state index is -2.58. The molecule has 0 aliphatic rings. The van der Waals surface area contributed by atoms with Crippen LogP contribution >= 0.6 is 0 Å². The summed E-state index contributed by atoms with van der Waals surface area (Å²) >= 11 is 0. The second kappa shape index (κ2) is 3.23. The molecule has 0 bridgehead atoms. The van der Waals surface area contributed by atoms with Gasteiger partial charge >= 0.3 is 0 Å². The van der Waals surface area contributed by atoms with E-state index in [1.165, 1.54) is 7.11 Å². The van der Waals surface area contributed by atoms with E-state index in [0.717, 1.165) is 12.4 Å². The highest BCUT2D eigenvalue weighted by molar-refractivity contribution is 5.13. The average molecular weight is 160 g/mol. The molecule has 1 aromatic heterocycles. The Morgan fingerprint density at radius 3 is 2.73 bits per heavy atom. The van der Waals surface area contributed by atoms with Crippen LogP contribution in [0, 0.1) is 0 Å². The third-order valence-electron chi connectivity index (χ3n) is 1.10. The molecule has 0 N–H and O–H groups in total. The van der Waals surface area contributed by atoms with Crippen LogP contribution in [0.4, 0.5) is 8.78 Å². The van der Waals surface area contributed by atoms with Crippen LogP contribution in [-0.4, -0.2) is 17.1 Å². The van der Waals surface area contributed by atoms with Crippen LogP contribution in [0.25, 0.3) is 0 Å². The standard InChI is InChI=1S/C6H6F2N2O/c1-11-5-2-4(6(7)8)9-3-10-5/h2-3,6H,1H3. The molecule has 0 radical (unpaired) electrons. The predicted molar refractivity (Wildman–Crippen MR) is 33.5 cm³/mol. The number of nitrogens with zero attached hydrogens (tertiary/aromatic N) is 2. The molecule has 0 aromatic carbocycles. The molecule has 0 aliphatic carbocycles. The van der Waals surface area contributed by atoms with Gasteiger partial charge in [-0.25, -0.2) is 18.7 Å². The van der Waals surface area contributed by atoms with Gasteiger partial charge in [-0.15, -0.1) is 0 Å². The molecule has 0 saturated carbocycles. The van der Waals surface area contributed by atoms with Gasteiger partial charge in [-0.3, -0.25) is 0 Å². The third-order valence-corrected chi connectivity index (χ3v) is 1.10. The van der Waals surface area contributed by atoms with Crippen molar-refractivity contribution in [3.8, 4) is 5.88 Å². The minimum Gasteiger partial charge on any atom is -0.481 e. The minimum absolute atomic E-state index is 0.148. The Kier molecular flexibility index (Phi) is 2.30. The lowest BCUT2D eigenvalue weighted by atomic mass is 10.4. The van der Waals surface area contributed by atoms with Crippen molar-refractivity contribution in [2.75, 3.05) is 7.11 Å². The molecule has 0 amide bonds. The van der Waals surface area contributed by atoms with Gasteiger partial charge in [0.25, 0.3) is 6.43 Å². The van der Waals surface area contributed by atoms with Gasteiger partial charge in [0.1, 0.15) is 12.0 Å². The first kappa shape index (κ1) is 7.84. The van der Waals surface area contributed by atoms with Crippen molar-refractivity contribution < 1.29 is 13.5 Å². The van der Waals surface area contributed by atoms with Gasteiger partial charge in [0, 0.05) is 6.07 Å². The van der Waals surface area contributed by atoms with Crippen molar-refractivity contribution in [1.82, 2.24) is 9.97 Å². The van der Waals surface area contributed by atoms with E-state index in [-0.39, 0.29) is 11.6 Å². The van der Waals surface area contributed by atoms with Crippen LogP contribution in [0.3, 0.4) is 0 Å². The summed E-state index contributed by atoms with van der Waals surface area (Å²) in [5, 5.41) is 0. The Hall–Kier alpha value is -1.26. The van der Waals surface area contributed by atoms with Crippen LogP contribution in [0.2, 0.25) is 0 Å². The highest BCUT2D eigenvalue weighted by Crippen LogP contribution is 2.17. The fraction of sp³-hybridized carbons (Fsp3) is 0.333. The number of halogens is 2. The molecule has 60 valence electrons. The van der Waals surface area contributed by atoms with E-state index >= 15 is 0 Å². The molecular formula is C6H6F2N2O. The predicted octanol–water partition coefficient (Wildman–Crippen LogP) is 1.42. The lowest BCUT2D eigenvalue weighted by Gasteiger charge is -1.99. The molecular weight excluding hydrogens is 154 g/mol. The normalized spacial score (nSPS) is 10.2. The zero-order valence-electron chi connectivity index (χ0n) is 5.79. The highest BCUT2D eigenvalue weighted by atomic mass is 19.3. The Balaban J connectivity index is 2.91. The van der Waals surface area contributed by atoms with Gasteiger partial charge in [0.15, 0.2) is 0 Å². The number of aromatic nitrogens is 2. The molecule has 0 aliphatic heterocycles. The summed E-state index contributed by atoms with van der Waals surface area (Å²) in [5.74, 6) is 0.148. The maximum Gasteiger partial charge on any atom is 0.280 e. The van der Waals surface area contributed by atoms with E-state index in [4.69, 9.17) is 0 Å². The number of alkyl halides is 2. The van der Waals surface area contributed by atoms with Gasteiger partial charge < -0.3 is 4.74 Å². The van der Waals surface area contributed by atoms with Crippen molar-refractivity contribution in [2.24, 2.45) is 0 Å². The maximum atomic E-state index is 11.9. The Morgan fingerprint density at radius 2 is 2.18 bits per heavy atom. The number of methoxy groups -OCH3 is 1. The average Bonchev–Trinajstić information content (AvgIpc) is 2.05. The van der Waals surface area contributed by atoms with Gasteiger partial charge in [-0.05, 0) is 0 Å². The first-order chi connectivity index (χ1) is 5.24. The highest BCUT2D eigenvalue weighted by Gasteiger charge is 2.09. The molecule has 0 atom stereocenters. The molecule has 5 heteroatoms. The van der Waals surface area contributed by atoms with Crippen molar-refractivity contribution >= 4 is 0 Å². The molecule has 0 unspecified atom stereocenters. The summed E-state index contributed by atoms with van der Waals surface area (Å²) in [5.41, 5.74) is -0.322. The van der Waals surface area contributed by atoms with E-state index < -0.39 is 6.43 Å². The second-order valence-electron chi connectivity index (χ2n) is 1.79. The van der Waals surface area contributed by atoms with Crippen molar-refractivity contribution in [2.45, 2.75) is 6.43 Å². The fourth-order valence-electron chi connectivity index (χ4n) is 0.584. The Labute approximate surface area is 62.0 Å². The van der Waals surface area contributed by atoms with E-state index in [9.17, 15) is 8.78 Å². The quantitative estimate of drug-likeness (QED) is 0.656. The summed E-state index contributed by atoms with van der Waals surface area (Å²) in [6.07, 6.45) is -1.53. The third kappa shape index (κ3) is 1.83. The van der Waals surface area contributed by atoms with E-state index in [1.54, 1.807) is 0 Å². The Bertz CT molecular complexity index is 242. The molecule has 11 heavy (non-hydrogen) atoms. The van der Waals surface area contributed by atoms with Gasteiger partial charge in [-0.1, -0.05) is 0 Å². The van der Waals surface area contributed by atoms with E-state index in [2.05, 4.69) is 14.7 Å². The summed E-state index contributed by atoms with van der Waals surface area (Å²) in [6, 6.07) is 1.10. The first-order valence-corrected chi connectivity index (χ1v) is 2.88. The van der Waals surface area contributed by atoms with Crippen LogP contribution in [0.15, 0.2) is 12.4 Å². The van der Waals surface area contributed by atoms with Gasteiger partial charge in [-0.2, -0.15) is 0 Å². The number of rotatable bonds is 2. The maximum absolute atomic E-state index is 11.9. The molecule has 3 nitrogen and oxygen atoms in total. The van der Waals surface area contributed by atoms with Gasteiger partial charge in [0.05, 0.1) is 7.11 Å². The van der Waals surface area contributed by atoms with E-state index in [0.29, 0.717) is 0 Å². The zero-order chi connectivity index (χ0) is 8.27. The molecule has 1 aromatic rings. The van der Waals surface area contributed by atoms with E-state index in [1.807, 2.05) is 0 Å². The smallest absolute Gasteiger partial charge is 0.280 e. The summed E-state index contributed by atoms with van der Waals surface area (Å²) in [4.78, 5) is 6.92. The molecule has 0 spiro atoms. The largest absolute Gasteiger partial charge is 0.481 e. The second-order valence-corrected chi connectivity index (χ2v) is 1.79. The fourth-order valence-corrected chi connectivity index (χ4v) is 0.584. The molecule has 0 saturated heterocycles. The summed E-state index contributed by atoms with van der Waals surface area (Å²) in [6.45, 7) is 0. The molecule has 0 fully saturated rings. The van der Waals surface area contributed by atoms with Gasteiger partial charge in [0.2, 0.25) is 5.88 Å². The number of hydrogen-bond donors (Lipinski definition) is 0. The zero-order valence-corrected chi connectivity index (χ0v) is 5.79. The SMILES string of the molecule is COc1cc(C(F)F)ncn1. The topological polar surface area (TPSA) is 35.0 Å². The Morgan fingerprint density at radius 1 is 1.45 bits per heavy atom. The van der Waals surface area contributed by atoms with Crippen LogP contribution in [0.1, 0.15) is 12.1 Å². The lowest BCUT2D eigenvalue weighted by Crippen LogP contribution is -1.93. The lowest BCUT2D eigenvalue weighted by molar-refractivity contribution is 0.145. The number of ether oxygens (including phenoxy) is 1. The monoisotopic (exact) mass is 160 g/mol. The van der Waals surface area contributed by atoms with Crippen molar-refractivity contribution in [1.29, 1.82) is 0 Å². The number of hydrogen-bond acceptors (Lipinski definition) is 3. The summed E-state index contributed by atoms with van der Waals surface area (Å²) < 4.78 is 28.5. The van der Waals surface area contributed by atoms with Crippen molar-refractivity contribution in [3.05, 3.63) is 18.1 Å². The van der Waals surface area contributed by atoms with Crippen molar-refractivity contribution in [3.63, 3.8) is 0 Å². The van der Waals surface area contributed by atoms with Crippen LogP contribution < -0.4 is 4.74 Å². The summed E-state index contributed by atoms with van der Waals surface area (Å²) in [7, 11) is 1.36. The van der Waals surface area contributed by atoms with Crippen LogP contribution in [0.5, 0.6) is 5.88 Å². The van der Waals surface area contributed by atoms with Crippen LogP contribution in [-0.2, 0) is 0 Å². The molecule has 1 rings (SSSR count). The first-order valence-electron chi connectivity index (χ1n) is 2.88. The molecule has 1 heterocycles.